The topological polar surface area (TPSA) is 35.8 Å². The number of nitrogens with zero attached hydrogens (tertiary/aromatic N) is 1. The molecule has 0 amide bonds. The molecule has 0 spiro atoms. The first-order valence-electron chi connectivity index (χ1n) is 4.91. The lowest BCUT2D eigenvalue weighted by atomic mass is 10.1. The van der Waals surface area contributed by atoms with Gasteiger partial charge in [0.1, 0.15) is 0 Å². The van der Waals surface area contributed by atoms with Gasteiger partial charge in [0.25, 0.3) is 0 Å². The molecule has 14 heavy (non-hydrogen) atoms. The molecule has 0 aliphatic heterocycles. The highest BCUT2D eigenvalue weighted by Gasteiger charge is 2.03. The SMILES string of the molecule is Cc1cccc([C@H](C)NCCC#N)c1. The van der Waals surface area contributed by atoms with Crippen molar-refractivity contribution in [2.75, 3.05) is 6.54 Å². The summed E-state index contributed by atoms with van der Waals surface area (Å²) >= 11 is 0. The molecule has 1 N–H and O–H groups in total. The fourth-order valence-corrected chi connectivity index (χ4v) is 1.40. The van der Waals surface area contributed by atoms with Gasteiger partial charge in [-0.25, -0.2) is 0 Å². The molecule has 0 saturated carbocycles. The van der Waals surface area contributed by atoms with Crippen molar-refractivity contribution in [3.63, 3.8) is 0 Å². The van der Waals surface area contributed by atoms with Gasteiger partial charge < -0.3 is 5.32 Å². The van der Waals surface area contributed by atoms with E-state index in [1.165, 1.54) is 11.1 Å². The fourth-order valence-electron chi connectivity index (χ4n) is 1.40. The molecule has 0 aliphatic carbocycles. The number of aryl methyl sites for hydroxylation is 1. The van der Waals surface area contributed by atoms with Crippen LogP contribution in [0.4, 0.5) is 0 Å². The summed E-state index contributed by atoms with van der Waals surface area (Å²) in [4.78, 5) is 0. The number of nitrogens with one attached hydrogen (secondary N) is 1. The highest BCUT2D eigenvalue weighted by atomic mass is 14.9. The first kappa shape index (κ1) is 10.7. The summed E-state index contributed by atoms with van der Waals surface area (Å²) in [6.07, 6.45) is 0.566. The quantitative estimate of drug-likeness (QED) is 0.737. The molecular formula is C12H16N2. The predicted octanol–water partition coefficient (Wildman–Crippen LogP) is 2.56. The second kappa shape index (κ2) is 5.41. The van der Waals surface area contributed by atoms with E-state index < -0.39 is 0 Å². The summed E-state index contributed by atoms with van der Waals surface area (Å²) in [5, 5.41) is 11.7. The number of benzene rings is 1. The van der Waals surface area contributed by atoms with Gasteiger partial charge in [0, 0.05) is 19.0 Å². The zero-order chi connectivity index (χ0) is 10.4. The van der Waals surface area contributed by atoms with Gasteiger partial charge >= 0.3 is 0 Å². The van der Waals surface area contributed by atoms with Crippen molar-refractivity contribution in [3.05, 3.63) is 35.4 Å². The first-order chi connectivity index (χ1) is 6.74. The van der Waals surface area contributed by atoms with E-state index >= 15 is 0 Å². The molecular weight excluding hydrogens is 172 g/mol. The molecule has 1 atom stereocenters. The van der Waals surface area contributed by atoms with Gasteiger partial charge in [-0.3, -0.25) is 0 Å². The first-order valence-corrected chi connectivity index (χ1v) is 4.91. The van der Waals surface area contributed by atoms with Crippen molar-refractivity contribution in [2.45, 2.75) is 26.3 Å². The van der Waals surface area contributed by atoms with Crippen LogP contribution < -0.4 is 5.32 Å². The molecule has 0 heterocycles. The third-order valence-electron chi connectivity index (χ3n) is 2.23. The highest BCUT2D eigenvalue weighted by Crippen LogP contribution is 2.13. The lowest BCUT2D eigenvalue weighted by molar-refractivity contribution is 0.583. The van der Waals surface area contributed by atoms with Crippen molar-refractivity contribution < 1.29 is 0 Å². The summed E-state index contributed by atoms with van der Waals surface area (Å²) in [5.74, 6) is 0. The van der Waals surface area contributed by atoms with Crippen LogP contribution in [0.5, 0.6) is 0 Å². The molecule has 2 heteroatoms. The largest absolute Gasteiger partial charge is 0.309 e. The maximum atomic E-state index is 8.40. The average molecular weight is 188 g/mol. The number of rotatable bonds is 4. The Morgan fingerprint density at radius 1 is 1.50 bits per heavy atom. The Morgan fingerprint density at radius 2 is 2.29 bits per heavy atom. The molecule has 0 aromatic heterocycles. The highest BCUT2D eigenvalue weighted by molar-refractivity contribution is 5.24. The summed E-state index contributed by atoms with van der Waals surface area (Å²) in [7, 11) is 0. The van der Waals surface area contributed by atoms with Gasteiger partial charge in [-0.05, 0) is 19.4 Å². The van der Waals surface area contributed by atoms with E-state index in [0.717, 1.165) is 6.54 Å². The zero-order valence-electron chi connectivity index (χ0n) is 8.75. The van der Waals surface area contributed by atoms with Crippen LogP contribution in [-0.2, 0) is 0 Å². The Morgan fingerprint density at radius 3 is 2.93 bits per heavy atom. The van der Waals surface area contributed by atoms with Crippen molar-refractivity contribution in [3.8, 4) is 6.07 Å². The lowest BCUT2D eigenvalue weighted by Gasteiger charge is -2.13. The van der Waals surface area contributed by atoms with Gasteiger partial charge in [-0.15, -0.1) is 0 Å². The number of hydrogen-bond donors (Lipinski definition) is 1. The van der Waals surface area contributed by atoms with Crippen molar-refractivity contribution in [1.82, 2.24) is 5.32 Å². The van der Waals surface area contributed by atoms with Crippen molar-refractivity contribution in [2.24, 2.45) is 0 Å². The smallest absolute Gasteiger partial charge is 0.0635 e. The minimum atomic E-state index is 0.322. The average Bonchev–Trinajstić information content (AvgIpc) is 2.18. The Bertz CT molecular complexity index is 325. The van der Waals surface area contributed by atoms with Gasteiger partial charge in [-0.2, -0.15) is 5.26 Å². The van der Waals surface area contributed by atoms with Gasteiger partial charge in [-0.1, -0.05) is 29.8 Å². The number of hydrogen-bond acceptors (Lipinski definition) is 2. The van der Waals surface area contributed by atoms with Crippen LogP contribution in [-0.4, -0.2) is 6.54 Å². The van der Waals surface area contributed by atoms with Crippen LogP contribution in [0, 0.1) is 18.3 Å². The maximum Gasteiger partial charge on any atom is 0.0635 e. The van der Waals surface area contributed by atoms with Crippen molar-refractivity contribution in [1.29, 1.82) is 5.26 Å². The second-order valence-electron chi connectivity index (χ2n) is 3.50. The van der Waals surface area contributed by atoms with Gasteiger partial charge in [0.15, 0.2) is 0 Å². The zero-order valence-corrected chi connectivity index (χ0v) is 8.75. The van der Waals surface area contributed by atoms with Crippen LogP contribution in [0.2, 0.25) is 0 Å². The minimum absolute atomic E-state index is 0.322. The van der Waals surface area contributed by atoms with E-state index in [9.17, 15) is 0 Å². The molecule has 0 unspecified atom stereocenters. The molecule has 1 aromatic rings. The fraction of sp³-hybridized carbons (Fsp3) is 0.417. The Balaban J connectivity index is 2.52. The summed E-state index contributed by atoms with van der Waals surface area (Å²) < 4.78 is 0. The van der Waals surface area contributed by atoms with Crippen LogP contribution >= 0.6 is 0 Å². The normalized spacial score (nSPS) is 12.1. The molecule has 74 valence electrons. The molecule has 0 radical (unpaired) electrons. The van der Waals surface area contributed by atoms with Crippen molar-refractivity contribution >= 4 is 0 Å². The Labute approximate surface area is 85.6 Å². The van der Waals surface area contributed by atoms with Gasteiger partial charge in [0.2, 0.25) is 0 Å². The van der Waals surface area contributed by atoms with E-state index in [-0.39, 0.29) is 0 Å². The third-order valence-corrected chi connectivity index (χ3v) is 2.23. The lowest BCUT2D eigenvalue weighted by Crippen LogP contribution is -2.19. The van der Waals surface area contributed by atoms with Crippen LogP contribution in [0.25, 0.3) is 0 Å². The van der Waals surface area contributed by atoms with Gasteiger partial charge in [0.05, 0.1) is 6.07 Å². The molecule has 2 nitrogen and oxygen atoms in total. The Kier molecular flexibility index (Phi) is 4.15. The summed E-state index contributed by atoms with van der Waals surface area (Å²) in [6, 6.07) is 10.9. The summed E-state index contributed by atoms with van der Waals surface area (Å²) in [6.45, 7) is 4.96. The molecule has 0 fully saturated rings. The van der Waals surface area contributed by atoms with E-state index in [4.69, 9.17) is 5.26 Å². The van der Waals surface area contributed by atoms with E-state index in [1.807, 2.05) is 0 Å². The molecule has 1 rings (SSSR count). The van der Waals surface area contributed by atoms with E-state index in [1.54, 1.807) is 0 Å². The molecule has 0 saturated heterocycles. The second-order valence-corrected chi connectivity index (χ2v) is 3.50. The maximum absolute atomic E-state index is 8.40. The molecule has 1 aromatic carbocycles. The number of nitriles is 1. The van der Waals surface area contributed by atoms with Crippen LogP contribution in [0.15, 0.2) is 24.3 Å². The van der Waals surface area contributed by atoms with Crippen LogP contribution in [0.3, 0.4) is 0 Å². The third kappa shape index (κ3) is 3.20. The van der Waals surface area contributed by atoms with E-state index in [0.29, 0.717) is 12.5 Å². The minimum Gasteiger partial charge on any atom is -0.309 e. The monoisotopic (exact) mass is 188 g/mol. The van der Waals surface area contributed by atoms with Crippen LogP contribution in [0.1, 0.15) is 30.5 Å². The molecule has 0 aliphatic rings. The van der Waals surface area contributed by atoms with E-state index in [2.05, 4.69) is 49.5 Å². The standard InChI is InChI=1S/C12H16N2/c1-10-5-3-6-12(9-10)11(2)14-8-4-7-13/h3,5-6,9,11,14H,4,8H2,1-2H3/t11-/m0/s1. The Hall–Kier alpha value is -1.33. The molecule has 0 bridgehead atoms. The summed E-state index contributed by atoms with van der Waals surface area (Å²) in [5.41, 5.74) is 2.55. The predicted molar refractivity (Wildman–Crippen MR) is 57.8 cm³/mol.